The van der Waals surface area contributed by atoms with Gasteiger partial charge in [-0.25, -0.2) is 0 Å². The summed E-state index contributed by atoms with van der Waals surface area (Å²) in [6.07, 6.45) is 0. The highest BCUT2D eigenvalue weighted by Gasteiger charge is 2.33. The molecule has 0 aliphatic rings. The normalized spacial score (nSPS) is 21.4. The second kappa shape index (κ2) is 3.53. The molecule has 6 nitrogen and oxygen atoms in total. The van der Waals surface area contributed by atoms with Crippen molar-refractivity contribution < 1.29 is 28.3 Å². The van der Waals surface area contributed by atoms with E-state index in [2.05, 4.69) is 4.31 Å². The summed E-state index contributed by atoms with van der Waals surface area (Å²) >= 11 is 0. The quantitative estimate of drug-likeness (QED) is 0.580. The van der Waals surface area contributed by atoms with Gasteiger partial charge in [0.2, 0.25) is 0 Å². The molecule has 0 saturated heterocycles. The van der Waals surface area contributed by atoms with E-state index >= 15 is 0 Å². The minimum Gasteiger partial charge on any atom is -0.566 e. The summed E-state index contributed by atoms with van der Waals surface area (Å²) in [7, 11) is -7.76. The topological polar surface area (TPSA) is 107 Å². The number of rotatable bonds is 3. The molecule has 0 spiro atoms. The molecular weight excluding hydrogens is 182 g/mol. The zero-order valence-electron chi connectivity index (χ0n) is 5.00. The first-order valence-corrected chi connectivity index (χ1v) is 4.95. The zero-order valence-corrected chi connectivity index (χ0v) is 6.79. The summed E-state index contributed by atoms with van der Waals surface area (Å²) in [4.78, 5) is 18.2. The van der Waals surface area contributed by atoms with Crippen molar-refractivity contribution in [3.8, 4) is 0 Å². The van der Waals surface area contributed by atoms with E-state index in [-0.39, 0.29) is 0 Å². The molecule has 0 bridgehead atoms. The van der Waals surface area contributed by atoms with Gasteiger partial charge in [0.05, 0.1) is 0 Å². The molecule has 0 aliphatic heterocycles. The van der Waals surface area contributed by atoms with E-state index in [4.69, 9.17) is 10.00 Å². The van der Waals surface area contributed by atoms with Crippen molar-refractivity contribution in [1.29, 1.82) is 0 Å². The molecule has 0 aromatic carbocycles. The maximum atomic E-state index is 10.4. The lowest BCUT2D eigenvalue weighted by atomic mass is 10.9. The summed E-state index contributed by atoms with van der Waals surface area (Å²) in [6.45, 7) is 0.958. The van der Waals surface area contributed by atoms with Gasteiger partial charge in [-0.1, -0.05) is 4.31 Å². The van der Waals surface area contributed by atoms with Gasteiger partial charge in [0.25, 0.3) is 0 Å². The summed E-state index contributed by atoms with van der Waals surface area (Å²) < 4.78 is 23.6. The standard InChI is InChI=1S/C2H6O6P2/c1-2(3)10(6,7)8-9(4)5/h2-3H,1H3,(H,6,7). The molecule has 60 valence electrons. The SMILES string of the molecule is CC(O)P(=O)(O)O[P+](=O)[O-]. The van der Waals surface area contributed by atoms with E-state index in [0.717, 1.165) is 6.92 Å². The first-order valence-electron chi connectivity index (χ1n) is 2.21. The third-order valence-electron chi connectivity index (χ3n) is 0.656. The van der Waals surface area contributed by atoms with Gasteiger partial charge in [-0.2, -0.15) is 0 Å². The Morgan fingerprint density at radius 3 is 2.30 bits per heavy atom. The minimum atomic E-state index is -4.36. The van der Waals surface area contributed by atoms with Gasteiger partial charge in [-0.3, -0.25) is 4.57 Å². The molecule has 2 N–H and O–H groups in total. The van der Waals surface area contributed by atoms with E-state index in [1.165, 1.54) is 0 Å². The van der Waals surface area contributed by atoms with Crippen LogP contribution in [0.2, 0.25) is 0 Å². The number of hydrogen-bond donors (Lipinski definition) is 2. The summed E-state index contributed by atoms with van der Waals surface area (Å²) in [6, 6.07) is 0. The minimum absolute atomic E-state index is 0.958. The van der Waals surface area contributed by atoms with E-state index in [9.17, 15) is 14.0 Å². The Morgan fingerprint density at radius 2 is 2.20 bits per heavy atom. The van der Waals surface area contributed by atoms with Crippen LogP contribution in [0.25, 0.3) is 0 Å². The Bertz CT molecular complexity index is 175. The van der Waals surface area contributed by atoms with Crippen molar-refractivity contribution in [2.45, 2.75) is 12.8 Å². The number of aliphatic hydroxyl groups excluding tert-OH is 1. The highest BCUT2D eigenvalue weighted by atomic mass is 31.2. The Kier molecular flexibility index (Phi) is 3.59. The van der Waals surface area contributed by atoms with Crippen LogP contribution in [-0.2, 0) is 13.4 Å². The molecule has 0 fully saturated rings. The van der Waals surface area contributed by atoms with Gasteiger partial charge in [0.1, 0.15) is 0 Å². The average Bonchev–Trinajstić information content (AvgIpc) is 1.60. The third-order valence-corrected chi connectivity index (χ3v) is 3.07. The highest BCUT2D eigenvalue weighted by molar-refractivity contribution is 7.59. The van der Waals surface area contributed by atoms with Crippen LogP contribution >= 0.6 is 15.9 Å². The predicted octanol–water partition coefficient (Wildman–Crippen LogP) is -0.456. The Morgan fingerprint density at radius 1 is 1.80 bits per heavy atom. The maximum absolute atomic E-state index is 10.4. The Labute approximate surface area is 57.9 Å². The molecule has 0 amide bonds. The first kappa shape index (κ1) is 10.2. The number of aliphatic hydroxyl groups is 1. The van der Waals surface area contributed by atoms with E-state index in [0.29, 0.717) is 0 Å². The lowest BCUT2D eigenvalue weighted by molar-refractivity contribution is -0.179. The van der Waals surface area contributed by atoms with Crippen LogP contribution in [0.5, 0.6) is 0 Å². The van der Waals surface area contributed by atoms with Crippen LogP contribution in [0.3, 0.4) is 0 Å². The van der Waals surface area contributed by atoms with Crippen molar-refractivity contribution in [2.75, 3.05) is 0 Å². The van der Waals surface area contributed by atoms with Crippen molar-refractivity contribution >= 4 is 15.9 Å². The van der Waals surface area contributed by atoms with Crippen molar-refractivity contribution in [1.82, 2.24) is 0 Å². The van der Waals surface area contributed by atoms with Crippen LogP contribution < -0.4 is 4.89 Å². The van der Waals surface area contributed by atoms with Crippen molar-refractivity contribution in [2.24, 2.45) is 0 Å². The molecule has 0 radical (unpaired) electrons. The summed E-state index contributed by atoms with van der Waals surface area (Å²) in [5.41, 5.74) is 0. The predicted molar refractivity (Wildman–Crippen MR) is 30.2 cm³/mol. The van der Waals surface area contributed by atoms with Gasteiger partial charge in [0, 0.05) is 0 Å². The van der Waals surface area contributed by atoms with Crippen LogP contribution in [0.15, 0.2) is 0 Å². The van der Waals surface area contributed by atoms with E-state index in [1.54, 1.807) is 0 Å². The molecule has 0 aliphatic carbocycles. The molecule has 0 heterocycles. The fourth-order valence-electron chi connectivity index (χ4n) is 0.164. The van der Waals surface area contributed by atoms with E-state index in [1.807, 2.05) is 0 Å². The molecule has 8 heteroatoms. The van der Waals surface area contributed by atoms with Gasteiger partial charge in [-0.15, -0.1) is 0 Å². The van der Waals surface area contributed by atoms with Crippen LogP contribution in [0.1, 0.15) is 6.92 Å². The summed E-state index contributed by atoms with van der Waals surface area (Å²) in [5, 5.41) is 8.42. The van der Waals surface area contributed by atoms with E-state index < -0.39 is 21.7 Å². The van der Waals surface area contributed by atoms with Gasteiger partial charge < -0.3 is 14.9 Å². The van der Waals surface area contributed by atoms with Gasteiger partial charge in [-0.05, 0) is 11.5 Å². The Balaban J connectivity index is 4.14. The van der Waals surface area contributed by atoms with Crippen LogP contribution in [0.4, 0.5) is 0 Å². The second-order valence-corrected chi connectivity index (χ2v) is 4.48. The second-order valence-electron chi connectivity index (χ2n) is 1.50. The smallest absolute Gasteiger partial charge is 0.497 e. The first-order chi connectivity index (χ1) is 4.36. The fourth-order valence-corrected chi connectivity index (χ4v) is 1.47. The summed E-state index contributed by atoms with van der Waals surface area (Å²) in [5.74, 6) is -1.69. The third kappa shape index (κ3) is 3.37. The largest absolute Gasteiger partial charge is 0.566 e. The molecule has 0 aromatic heterocycles. The fraction of sp³-hybridized carbons (Fsp3) is 1.00. The molecule has 0 rings (SSSR count). The van der Waals surface area contributed by atoms with Crippen LogP contribution in [-0.4, -0.2) is 15.8 Å². The van der Waals surface area contributed by atoms with Crippen molar-refractivity contribution in [3.63, 3.8) is 0 Å². The molecule has 0 saturated carbocycles. The lowest BCUT2D eigenvalue weighted by Crippen LogP contribution is -2.03. The molecule has 3 unspecified atom stereocenters. The molecule has 0 aromatic rings. The highest BCUT2D eigenvalue weighted by Crippen LogP contribution is 2.51. The molecule has 3 atom stereocenters. The number of hydrogen-bond acceptors (Lipinski definition) is 5. The molecule has 10 heavy (non-hydrogen) atoms. The Hall–Kier alpha value is 0.170. The van der Waals surface area contributed by atoms with Crippen LogP contribution in [0, 0.1) is 0 Å². The lowest BCUT2D eigenvalue weighted by Gasteiger charge is -2.06. The monoisotopic (exact) mass is 188 g/mol. The average molecular weight is 188 g/mol. The van der Waals surface area contributed by atoms with Gasteiger partial charge >= 0.3 is 15.9 Å². The van der Waals surface area contributed by atoms with Gasteiger partial charge in [0.15, 0.2) is 5.85 Å². The van der Waals surface area contributed by atoms with Crippen molar-refractivity contribution in [3.05, 3.63) is 0 Å². The molecular formula is C2H6O6P2. The maximum Gasteiger partial charge on any atom is 0.497 e. The zero-order chi connectivity index (χ0) is 8.36.